The topological polar surface area (TPSA) is 65.4 Å². The monoisotopic (exact) mass is 476 g/mol. The molecule has 2 N–H and O–H groups in total. The van der Waals surface area contributed by atoms with E-state index in [1.54, 1.807) is 14.2 Å². The highest BCUT2D eigenvalue weighted by Crippen LogP contribution is 2.46. The van der Waals surface area contributed by atoms with Crippen LogP contribution in [-0.4, -0.2) is 86.2 Å². The summed E-state index contributed by atoms with van der Waals surface area (Å²) >= 11 is 0. The van der Waals surface area contributed by atoms with Gasteiger partial charge in [-0.15, -0.1) is 0 Å². The van der Waals surface area contributed by atoms with Crippen molar-refractivity contribution in [1.82, 2.24) is 9.80 Å². The van der Waals surface area contributed by atoms with Crippen LogP contribution >= 0.6 is 0 Å². The zero-order chi connectivity index (χ0) is 24.7. The molecule has 0 spiro atoms. The summed E-state index contributed by atoms with van der Waals surface area (Å²) in [6, 6.07) is 27.3. The van der Waals surface area contributed by atoms with Crippen molar-refractivity contribution < 1.29 is 19.7 Å². The molecule has 0 amide bonds. The third-order valence-electron chi connectivity index (χ3n) is 7.20. The molecule has 35 heavy (non-hydrogen) atoms. The molecule has 6 nitrogen and oxygen atoms in total. The largest absolute Gasteiger partial charge is 0.497 e. The molecule has 1 aliphatic heterocycles. The fraction of sp³-hybridized carbons (Fsp3) is 0.379. The van der Waals surface area contributed by atoms with Gasteiger partial charge in [0.05, 0.1) is 32.8 Å². The molecule has 1 aliphatic rings. The summed E-state index contributed by atoms with van der Waals surface area (Å²) in [5, 5.41) is 19.7. The van der Waals surface area contributed by atoms with Crippen molar-refractivity contribution in [1.29, 1.82) is 0 Å². The minimum Gasteiger partial charge on any atom is -0.497 e. The summed E-state index contributed by atoms with van der Waals surface area (Å²) in [7, 11) is 3.36. The summed E-state index contributed by atoms with van der Waals surface area (Å²) in [5.74, 6) is 1.62. The summed E-state index contributed by atoms with van der Waals surface area (Å²) < 4.78 is 11.0. The molecular formula is C29H36N2O4. The molecule has 1 heterocycles. The van der Waals surface area contributed by atoms with E-state index in [-0.39, 0.29) is 19.3 Å². The molecule has 1 saturated heterocycles. The lowest BCUT2D eigenvalue weighted by atomic mass is 9.63. The molecule has 1 atom stereocenters. The van der Waals surface area contributed by atoms with Crippen LogP contribution in [0, 0.1) is 0 Å². The van der Waals surface area contributed by atoms with Crippen LogP contribution in [0.5, 0.6) is 11.5 Å². The second-order valence-electron chi connectivity index (χ2n) is 8.93. The smallest absolute Gasteiger partial charge is 0.118 e. The number of aliphatic hydroxyl groups is 2. The molecule has 0 bridgehead atoms. The first-order chi connectivity index (χ1) is 17.2. The second kappa shape index (κ2) is 11.7. The molecule has 186 valence electrons. The number of ether oxygens (including phenoxy) is 2. The quantitative estimate of drug-likeness (QED) is 0.439. The van der Waals surface area contributed by atoms with Gasteiger partial charge in [0.1, 0.15) is 11.5 Å². The average molecular weight is 477 g/mol. The van der Waals surface area contributed by atoms with Crippen LogP contribution in [0.1, 0.15) is 16.7 Å². The van der Waals surface area contributed by atoms with Crippen LogP contribution < -0.4 is 9.47 Å². The van der Waals surface area contributed by atoms with Crippen LogP contribution in [0.15, 0.2) is 78.9 Å². The molecule has 0 aliphatic carbocycles. The molecule has 4 rings (SSSR count). The number of benzene rings is 3. The Hall–Kier alpha value is -2.90. The van der Waals surface area contributed by atoms with E-state index >= 15 is 0 Å². The van der Waals surface area contributed by atoms with Crippen molar-refractivity contribution in [3.8, 4) is 11.5 Å². The van der Waals surface area contributed by atoms with E-state index in [0.717, 1.165) is 42.3 Å². The first-order valence-electron chi connectivity index (χ1n) is 12.2. The maximum Gasteiger partial charge on any atom is 0.118 e. The number of hydrogen-bond donors (Lipinski definition) is 2. The fourth-order valence-electron chi connectivity index (χ4n) is 5.51. The van der Waals surface area contributed by atoms with Gasteiger partial charge in [-0.2, -0.15) is 0 Å². The van der Waals surface area contributed by atoms with E-state index in [1.807, 2.05) is 30.3 Å². The van der Waals surface area contributed by atoms with Crippen molar-refractivity contribution >= 4 is 0 Å². The molecule has 0 saturated carbocycles. The Morgan fingerprint density at radius 2 is 1.23 bits per heavy atom. The summed E-state index contributed by atoms with van der Waals surface area (Å²) in [6.07, 6.45) is 0. The van der Waals surface area contributed by atoms with Crippen molar-refractivity contribution in [3.05, 3.63) is 95.6 Å². The van der Waals surface area contributed by atoms with E-state index in [0.29, 0.717) is 13.1 Å². The summed E-state index contributed by atoms with van der Waals surface area (Å²) in [5.41, 5.74) is 2.93. The van der Waals surface area contributed by atoms with Gasteiger partial charge in [-0.3, -0.25) is 9.80 Å². The highest BCUT2D eigenvalue weighted by Gasteiger charge is 2.48. The lowest BCUT2D eigenvalue weighted by Gasteiger charge is -2.52. The number of methoxy groups -OCH3 is 2. The fourth-order valence-corrected chi connectivity index (χ4v) is 5.51. The molecular weight excluding hydrogens is 440 g/mol. The zero-order valence-electron chi connectivity index (χ0n) is 20.6. The Morgan fingerprint density at radius 1 is 0.714 bits per heavy atom. The van der Waals surface area contributed by atoms with E-state index < -0.39 is 5.41 Å². The molecule has 1 fully saturated rings. The van der Waals surface area contributed by atoms with Gasteiger partial charge < -0.3 is 19.7 Å². The lowest BCUT2D eigenvalue weighted by Crippen LogP contribution is -2.62. The Bertz CT molecular complexity index is 993. The third kappa shape index (κ3) is 5.07. The molecule has 1 unspecified atom stereocenters. The van der Waals surface area contributed by atoms with Crippen molar-refractivity contribution in [2.24, 2.45) is 0 Å². The van der Waals surface area contributed by atoms with Gasteiger partial charge in [0, 0.05) is 38.8 Å². The third-order valence-corrected chi connectivity index (χ3v) is 7.20. The van der Waals surface area contributed by atoms with Gasteiger partial charge in [-0.25, -0.2) is 0 Å². The Morgan fingerprint density at radius 3 is 1.71 bits per heavy atom. The van der Waals surface area contributed by atoms with Gasteiger partial charge in [0.15, 0.2) is 0 Å². The van der Waals surface area contributed by atoms with Crippen LogP contribution in [0.4, 0.5) is 0 Å². The van der Waals surface area contributed by atoms with Crippen molar-refractivity contribution in [2.45, 2.75) is 11.5 Å². The maximum atomic E-state index is 9.99. The van der Waals surface area contributed by atoms with Crippen LogP contribution in [-0.2, 0) is 5.41 Å². The molecule has 0 aromatic heterocycles. The van der Waals surface area contributed by atoms with Gasteiger partial charge in [-0.05, 0) is 41.0 Å². The number of rotatable bonds is 10. The first kappa shape index (κ1) is 25.2. The predicted octanol–water partition coefficient (Wildman–Crippen LogP) is 3.01. The minimum atomic E-state index is -0.539. The SMILES string of the molecule is COc1ccc(C(c2ccccc2)(c2ccc(OC)cc2)C2CN(CCO)CCN2CCO)cc1. The Labute approximate surface area is 208 Å². The first-order valence-corrected chi connectivity index (χ1v) is 12.2. The number of piperazine rings is 1. The minimum absolute atomic E-state index is 0.0131. The summed E-state index contributed by atoms with van der Waals surface area (Å²) in [4.78, 5) is 4.72. The van der Waals surface area contributed by atoms with Crippen LogP contribution in [0.2, 0.25) is 0 Å². The number of aliphatic hydroxyl groups excluding tert-OH is 2. The number of hydrogen-bond acceptors (Lipinski definition) is 6. The average Bonchev–Trinajstić information content (AvgIpc) is 2.92. The van der Waals surface area contributed by atoms with Gasteiger partial charge in [-0.1, -0.05) is 54.6 Å². The highest BCUT2D eigenvalue weighted by atomic mass is 16.5. The molecule has 6 heteroatoms. The van der Waals surface area contributed by atoms with Crippen molar-refractivity contribution in [3.63, 3.8) is 0 Å². The lowest BCUT2D eigenvalue weighted by molar-refractivity contribution is 0.0297. The second-order valence-corrected chi connectivity index (χ2v) is 8.93. The van der Waals surface area contributed by atoms with Gasteiger partial charge in [0.25, 0.3) is 0 Å². The van der Waals surface area contributed by atoms with Gasteiger partial charge in [0.2, 0.25) is 0 Å². The maximum absolute atomic E-state index is 9.99. The van der Waals surface area contributed by atoms with Crippen LogP contribution in [0.25, 0.3) is 0 Å². The van der Waals surface area contributed by atoms with E-state index in [9.17, 15) is 10.2 Å². The summed E-state index contributed by atoms with van der Waals surface area (Å²) in [6.45, 7) is 3.84. The zero-order valence-corrected chi connectivity index (χ0v) is 20.6. The number of β-amino-alcohol motifs (C(OH)–C–C–N with tert-alkyl or cyclic N) is 2. The molecule has 3 aromatic rings. The molecule has 0 radical (unpaired) electrons. The van der Waals surface area contributed by atoms with Crippen LogP contribution in [0.3, 0.4) is 0 Å². The van der Waals surface area contributed by atoms with E-state index in [2.05, 4.69) is 58.3 Å². The van der Waals surface area contributed by atoms with E-state index in [4.69, 9.17) is 9.47 Å². The Balaban J connectivity index is 2.00. The Kier molecular flexibility index (Phi) is 8.42. The predicted molar refractivity (Wildman–Crippen MR) is 138 cm³/mol. The van der Waals surface area contributed by atoms with Crippen molar-refractivity contribution in [2.75, 3.05) is 60.2 Å². The molecule has 3 aromatic carbocycles. The highest BCUT2D eigenvalue weighted by molar-refractivity contribution is 5.54. The van der Waals surface area contributed by atoms with E-state index in [1.165, 1.54) is 5.56 Å². The number of nitrogens with zero attached hydrogens (tertiary/aromatic N) is 2. The standard InChI is InChI=1S/C29H36N2O4/c1-34-26-12-8-24(9-13-26)29(23-6-4-3-5-7-23,25-10-14-27(35-2)15-11-25)28-22-30(18-20-32)16-17-31(28)19-21-33/h3-15,28,32-33H,16-22H2,1-2H3. The van der Waals surface area contributed by atoms with Gasteiger partial charge >= 0.3 is 0 Å². The normalized spacial score (nSPS) is 17.3.